The molecule has 0 unspecified atom stereocenters. The minimum absolute atomic E-state index is 0.538. The summed E-state index contributed by atoms with van der Waals surface area (Å²) >= 11 is 0. The average molecular weight is 406 g/mol. The van der Waals surface area contributed by atoms with Crippen LogP contribution in [0.3, 0.4) is 0 Å². The van der Waals surface area contributed by atoms with Crippen LogP contribution in [0.4, 0.5) is 0 Å². The van der Waals surface area contributed by atoms with Gasteiger partial charge in [0, 0.05) is 26.2 Å². The summed E-state index contributed by atoms with van der Waals surface area (Å²) in [7, 11) is 2.26. The van der Waals surface area contributed by atoms with Gasteiger partial charge in [0.15, 0.2) is 0 Å². The monoisotopic (exact) mass is 405 g/mol. The van der Waals surface area contributed by atoms with Crippen LogP contribution in [0, 0.1) is 23.7 Å². The van der Waals surface area contributed by atoms with Gasteiger partial charge in [0.25, 0.3) is 0 Å². The minimum Gasteiger partial charge on any atom is -0.375 e. The molecule has 0 spiro atoms. The van der Waals surface area contributed by atoms with Crippen molar-refractivity contribution in [1.29, 1.82) is 0 Å². The number of piperidine rings is 3. The van der Waals surface area contributed by atoms with E-state index in [-0.39, 0.29) is 0 Å². The maximum atomic E-state index is 6.50. The van der Waals surface area contributed by atoms with Crippen molar-refractivity contribution in [2.75, 3.05) is 59.4 Å². The van der Waals surface area contributed by atoms with Crippen LogP contribution in [0.1, 0.15) is 65.2 Å². The van der Waals surface area contributed by atoms with E-state index in [1.54, 1.807) is 0 Å². The highest BCUT2D eigenvalue weighted by Gasteiger charge is 2.35. The molecule has 0 aromatic rings. The minimum atomic E-state index is 0.538. The molecule has 29 heavy (non-hydrogen) atoms. The second-order valence-electron chi connectivity index (χ2n) is 11.2. The maximum Gasteiger partial charge on any atom is 0.0603 e. The molecule has 1 aliphatic carbocycles. The van der Waals surface area contributed by atoms with E-state index in [0.29, 0.717) is 12.2 Å². The van der Waals surface area contributed by atoms with Crippen LogP contribution in [0.15, 0.2) is 0 Å². The fourth-order valence-corrected chi connectivity index (χ4v) is 6.21. The average Bonchev–Trinajstić information content (AvgIpc) is 2.70. The third-order valence-corrected chi connectivity index (χ3v) is 8.56. The van der Waals surface area contributed by atoms with Crippen molar-refractivity contribution in [1.82, 2.24) is 14.7 Å². The number of ether oxygens (including phenoxy) is 1. The first kappa shape index (κ1) is 22.0. The molecule has 3 aliphatic heterocycles. The molecule has 0 radical (unpaired) electrons. The van der Waals surface area contributed by atoms with Crippen molar-refractivity contribution in [3.63, 3.8) is 0 Å². The van der Waals surface area contributed by atoms with Crippen molar-refractivity contribution in [2.24, 2.45) is 23.7 Å². The lowest BCUT2D eigenvalue weighted by atomic mass is 9.80. The topological polar surface area (TPSA) is 19.0 Å². The van der Waals surface area contributed by atoms with E-state index in [1.807, 2.05) is 0 Å². The number of hydrogen-bond donors (Lipinski definition) is 0. The molecule has 4 fully saturated rings. The van der Waals surface area contributed by atoms with Crippen LogP contribution in [-0.4, -0.2) is 86.3 Å². The first-order chi connectivity index (χ1) is 14.0. The van der Waals surface area contributed by atoms with Crippen LogP contribution in [0.2, 0.25) is 0 Å². The first-order valence-electron chi connectivity index (χ1n) is 12.8. The smallest absolute Gasteiger partial charge is 0.0603 e. The van der Waals surface area contributed by atoms with Gasteiger partial charge in [0.2, 0.25) is 0 Å². The Kier molecular flexibility index (Phi) is 7.93. The molecule has 0 aromatic heterocycles. The zero-order valence-electron chi connectivity index (χ0n) is 19.5. The van der Waals surface area contributed by atoms with Crippen LogP contribution >= 0.6 is 0 Å². The molecule has 0 bridgehead atoms. The Morgan fingerprint density at radius 3 is 1.83 bits per heavy atom. The van der Waals surface area contributed by atoms with Gasteiger partial charge in [-0.2, -0.15) is 0 Å². The molecule has 4 rings (SSSR count). The predicted octanol–water partition coefficient (Wildman–Crippen LogP) is 3.96. The summed E-state index contributed by atoms with van der Waals surface area (Å²) in [6.45, 7) is 15.2. The van der Waals surface area contributed by atoms with Crippen molar-refractivity contribution in [3.8, 4) is 0 Å². The molecule has 1 saturated carbocycles. The molecule has 3 heterocycles. The van der Waals surface area contributed by atoms with E-state index in [0.717, 1.165) is 23.7 Å². The molecule has 4 aliphatic rings. The Morgan fingerprint density at radius 1 is 0.690 bits per heavy atom. The molecule has 4 heteroatoms. The van der Waals surface area contributed by atoms with Crippen molar-refractivity contribution < 1.29 is 4.74 Å². The highest BCUT2D eigenvalue weighted by Crippen LogP contribution is 2.34. The highest BCUT2D eigenvalue weighted by molar-refractivity contribution is 4.86. The Morgan fingerprint density at radius 2 is 1.24 bits per heavy atom. The molecule has 168 valence electrons. The van der Waals surface area contributed by atoms with Gasteiger partial charge < -0.3 is 19.4 Å². The third-order valence-electron chi connectivity index (χ3n) is 8.56. The summed E-state index contributed by atoms with van der Waals surface area (Å²) in [5.74, 6) is 3.67. The van der Waals surface area contributed by atoms with Gasteiger partial charge in [-0.3, -0.25) is 0 Å². The summed E-state index contributed by atoms with van der Waals surface area (Å²) in [5.41, 5.74) is 0. The number of hydrogen-bond acceptors (Lipinski definition) is 4. The van der Waals surface area contributed by atoms with E-state index in [9.17, 15) is 0 Å². The number of likely N-dealkylation sites (tertiary alicyclic amines) is 3. The lowest BCUT2D eigenvalue weighted by Gasteiger charge is -2.43. The third kappa shape index (κ3) is 6.41. The Labute approximate surface area is 180 Å². The van der Waals surface area contributed by atoms with Crippen molar-refractivity contribution in [2.45, 2.75) is 77.4 Å². The first-order valence-corrected chi connectivity index (χ1v) is 12.8. The fraction of sp³-hybridized carbons (Fsp3) is 1.00. The van der Waals surface area contributed by atoms with Gasteiger partial charge >= 0.3 is 0 Å². The van der Waals surface area contributed by atoms with Crippen LogP contribution in [0.5, 0.6) is 0 Å². The van der Waals surface area contributed by atoms with Crippen LogP contribution in [-0.2, 0) is 4.74 Å². The molecule has 3 saturated heterocycles. The molecular weight excluding hydrogens is 358 g/mol. The summed E-state index contributed by atoms with van der Waals surface area (Å²) in [6, 6.07) is 0. The molecule has 0 atom stereocenters. The van der Waals surface area contributed by atoms with E-state index < -0.39 is 0 Å². The Balaban J connectivity index is 1.05. The second-order valence-corrected chi connectivity index (χ2v) is 11.2. The van der Waals surface area contributed by atoms with E-state index >= 15 is 0 Å². The largest absolute Gasteiger partial charge is 0.375 e. The van der Waals surface area contributed by atoms with Gasteiger partial charge in [-0.05, 0) is 108 Å². The zero-order chi connectivity index (χ0) is 20.2. The van der Waals surface area contributed by atoms with Crippen molar-refractivity contribution >= 4 is 0 Å². The molecule has 4 nitrogen and oxygen atoms in total. The Hall–Kier alpha value is -0.160. The van der Waals surface area contributed by atoms with Gasteiger partial charge in [0.05, 0.1) is 12.2 Å². The fourth-order valence-electron chi connectivity index (χ4n) is 6.21. The molecule has 0 amide bonds. The van der Waals surface area contributed by atoms with Crippen molar-refractivity contribution in [3.05, 3.63) is 0 Å². The zero-order valence-corrected chi connectivity index (χ0v) is 19.5. The Bertz CT molecular complexity index is 468. The standard InChI is InChI=1S/C25H47N3O/c1-20(2)23-6-12-27(13-7-23)19-22-16-25(17-22)29-24-8-14-28(15-9-24)18-21-4-10-26(3)11-5-21/h20-25H,4-19H2,1-3H3/t22-,25-. The second kappa shape index (κ2) is 10.4. The SMILES string of the molecule is CC(C)C1CCN(C[C@H]2C[C@H](OC3CCN(CC4CCN(C)CC4)CC3)C2)CC1. The van der Waals surface area contributed by atoms with E-state index in [4.69, 9.17) is 4.74 Å². The maximum absolute atomic E-state index is 6.50. The highest BCUT2D eigenvalue weighted by atomic mass is 16.5. The quantitative estimate of drug-likeness (QED) is 0.638. The summed E-state index contributed by atoms with van der Waals surface area (Å²) in [6.07, 6.45) is 11.9. The van der Waals surface area contributed by atoms with E-state index in [1.165, 1.54) is 104 Å². The molecule has 0 N–H and O–H groups in total. The molecular formula is C25H47N3O. The molecule has 0 aromatic carbocycles. The van der Waals surface area contributed by atoms with Crippen LogP contribution in [0.25, 0.3) is 0 Å². The number of rotatable bonds is 7. The van der Waals surface area contributed by atoms with Gasteiger partial charge in [-0.15, -0.1) is 0 Å². The van der Waals surface area contributed by atoms with Gasteiger partial charge in [-0.25, -0.2) is 0 Å². The van der Waals surface area contributed by atoms with Gasteiger partial charge in [-0.1, -0.05) is 13.8 Å². The van der Waals surface area contributed by atoms with Crippen LogP contribution < -0.4 is 0 Å². The lowest BCUT2D eigenvalue weighted by molar-refractivity contribution is -0.0994. The normalized spacial score (nSPS) is 32.7. The predicted molar refractivity (Wildman–Crippen MR) is 121 cm³/mol. The summed E-state index contributed by atoms with van der Waals surface area (Å²) in [4.78, 5) is 7.94. The van der Waals surface area contributed by atoms with E-state index in [2.05, 4.69) is 35.6 Å². The lowest BCUT2D eigenvalue weighted by Crippen LogP contribution is -2.46. The summed E-state index contributed by atoms with van der Waals surface area (Å²) < 4.78 is 6.50. The number of nitrogens with zero attached hydrogens (tertiary/aromatic N) is 3. The van der Waals surface area contributed by atoms with Gasteiger partial charge in [0.1, 0.15) is 0 Å². The summed E-state index contributed by atoms with van der Waals surface area (Å²) in [5, 5.41) is 0.